The van der Waals surface area contributed by atoms with Gasteiger partial charge in [-0.15, -0.1) is 0 Å². The summed E-state index contributed by atoms with van der Waals surface area (Å²) in [5.74, 6) is -3.04. The van der Waals surface area contributed by atoms with E-state index in [0.717, 1.165) is 17.0 Å². The van der Waals surface area contributed by atoms with Crippen molar-refractivity contribution in [2.45, 2.75) is 45.6 Å². The van der Waals surface area contributed by atoms with Crippen LogP contribution in [0.4, 0.5) is 25.0 Å². The summed E-state index contributed by atoms with van der Waals surface area (Å²) in [6.07, 6.45) is 0.403. The molecule has 0 radical (unpaired) electrons. The van der Waals surface area contributed by atoms with E-state index in [1.165, 1.54) is 23.1 Å². The van der Waals surface area contributed by atoms with E-state index >= 15 is 0 Å². The summed E-state index contributed by atoms with van der Waals surface area (Å²) < 4.78 is 32.8. The summed E-state index contributed by atoms with van der Waals surface area (Å²) in [7, 11) is 0. The van der Waals surface area contributed by atoms with Crippen molar-refractivity contribution in [3.05, 3.63) is 57.6 Å². The number of primary amides is 1. The third kappa shape index (κ3) is 6.64. The molecule has 1 unspecified atom stereocenters. The first-order chi connectivity index (χ1) is 16.8. The normalized spacial score (nSPS) is 16.1. The van der Waals surface area contributed by atoms with Crippen molar-refractivity contribution in [2.75, 3.05) is 22.9 Å². The van der Waals surface area contributed by atoms with Gasteiger partial charge in [0.05, 0.1) is 21.4 Å². The van der Waals surface area contributed by atoms with Crippen LogP contribution in [0.15, 0.2) is 30.3 Å². The lowest BCUT2D eigenvalue weighted by Crippen LogP contribution is -2.43. The molecule has 1 saturated heterocycles. The second kappa shape index (κ2) is 11.0. The molecule has 1 atom stereocenters. The van der Waals surface area contributed by atoms with Crippen molar-refractivity contribution in [3.8, 4) is 0 Å². The number of halogens is 4. The fourth-order valence-corrected chi connectivity index (χ4v) is 4.69. The van der Waals surface area contributed by atoms with Crippen LogP contribution in [0.2, 0.25) is 10.0 Å². The molecule has 0 aromatic heterocycles. The van der Waals surface area contributed by atoms with E-state index in [2.05, 4.69) is 0 Å². The molecule has 1 aliphatic heterocycles. The standard InChI is InChI=1S/C25H27Cl2F2N3O4/c1-25(2,3)36-24(35)32(13-21(30)33)17-11-18(26)22(19(27)12-17)31-8-4-5-15(23(31)34)9-14-6-7-16(28)10-20(14)29/h6-7,10-12,15H,4-5,8-9,13H2,1-3H3,(H2,30,33). The first kappa shape index (κ1) is 27.7. The van der Waals surface area contributed by atoms with Crippen molar-refractivity contribution in [2.24, 2.45) is 11.7 Å². The Morgan fingerprint density at radius 2 is 1.81 bits per heavy atom. The minimum absolute atomic E-state index is 0.0671. The van der Waals surface area contributed by atoms with Gasteiger partial charge in [0.2, 0.25) is 11.8 Å². The molecule has 194 valence electrons. The Labute approximate surface area is 218 Å². The lowest BCUT2D eigenvalue weighted by molar-refractivity contribution is -0.123. The average molecular weight is 542 g/mol. The third-order valence-corrected chi connectivity index (χ3v) is 6.12. The van der Waals surface area contributed by atoms with Crippen LogP contribution in [0.25, 0.3) is 0 Å². The van der Waals surface area contributed by atoms with Crippen LogP contribution in [0, 0.1) is 17.6 Å². The number of nitrogens with two attached hydrogens (primary N) is 1. The Balaban J connectivity index is 1.90. The Hall–Kier alpha value is -2.91. The smallest absolute Gasteiger partial charge is 0.415 e. The lowest BCUT2D eigenvalue weighted by Gasteiger charge is -2.34. The predicted octanol–water partition coefficient (Wildman–Crippen LogP) is 5.48. The highest BCUT2D eigenvalue weighted by atomic mass is 35.5. The maximum Gasteiger partial charge on any atom is 0.415 e. The minimum atomic E-state index is -0.834. The van der Waals surface area contributed by atoms with Crippen molar-refractivity contribution in [1.82, 2.24) is 0 Å². The number of carbonyl (C=O) groups excluding carboxylic acids is 3. The maximum atomic E-state index is 14.2. The van der Waals surface area contributed by atoms with Crippen molar-refractivity contribution in [1.29, 1.82) is 0 Å². The zero-order valence-corrected chi connectivity index (χ0v) is 21.6. The fraction of sp³-hybridized carbons (Fsp3) is 0.400. The van der Waals surface area contributed by atoms with Gasteiger partial charge in [0, 0.05) is 18.5 Å². The topological polar surface area (TPSA) is 92.9 Å². The Morgan fingerprint density at radius 1 is 1.17 bits per heavy atom. The molecular weight excluding hydrogens is 515 g/mol. The first-order valence-electron chi connectivity index (χ1n) is 11.3. The van der Waals surface area contributed by atoms with Gasteiger partial charge >= 0.3 is 6.09 Å². The number of benzene rings is 2. The van der Waals surface area contributed by atoms with Gasteiger partial charge < -0.3 is 15.4 Å². The highest BCUT2D eigenvalue weighted by molar-refractivity contribution is 6.40. The number of anilines is 2. The van der Waals surface area contributed by atoms with Gasteiger partial charge in [-0.1, -0.05) is 29.3 Å². The van der Waals surface area contributed by atoms with Crippen LogP contribution in [-0.4, -0.2) is 36.6 Å². The highest BCUT2D eigenvalue weighted by Crippen LogP contribution is 2.40. The second-order valence-corrected chi connectivity index (χ2v) is 10.4. The van der Waals surface area contributed by atoms with Crippen LogP contribution in [0.5, 0.6) is 0 Å². The summed E-state index contributed by atoms with van der Waals surface area (Å²) in [5, 5.41) is 0.134. The fourth-order valence-electron chi connectivity index (χ4n) is 4.01. The quantitative estimate of drug-likeness (QED) is 0.523. The summed E-state index contributed by atoms with van der Waals surface area (Å²) in [4.78, 5) is 40.1. The number of piperidine rings is 1. The molecule has 2 aromatic rings. The van der Waals surface area contributed by atoms with E-state index in [1.54, 1.807) is 20.8 Å². The summed E-state index contributed by atoms with van der Waals surface area (Å²) in [5.41, 5.74) is 5.12. The molecule has 0 aliphatic carbocycles. The molecule has 2 N–H and O–H groups in total. The zero-order valence-electron chi connectivity index (χ0n) is 20.1. The Bertz CT molecular complexity index is 1160. The van der Waals surface area contributed by atoms with Crippen molar-refractivity contribution >= 4 is 52.5 Å². The van der Waals surface area contributed by atoms with E-state index in [9.17, 15) is 23.2 Å². The number of ether oxygens (including phenoxy) is 1. The Morgan fingerprint density at radius 3 is 2.36 bits per heavy atom. The van der Waals surface area contributed by atoms with Gasteiger partial charge in [0.15, 0.2) is 0 Å². The van der Waals surface area contributed by atoms with Gasteiger partial charge in [-0.3, -0.25) is 14.5 Å². The van der Waals surface area contributed by atoms with E-state index in [1.807, 2.05) is 0 Å². The summed E-state index contributed by atoms with van der Waals surface area (Å²) >= 11 is 13.1. The zero-order chi connectivity index (χ0) is 26.8. The van der Waals surface area contributed by atoms with Crippen LogP contribution < -0.4 is 15.5 Å². The molecule has 7 nitrogen and oxygen atoms in total. The largest absolute Gasteiger partial charge is 0.443 e. The summed E-state index contributed by atoms with van der Waals surface area (Å²) in [6, 6.07) is 6.06. The van der Waals surface area contributed by atoms with Crippen LogP contribution in [0.1, 0.15) is 39.2 Å². The monoisotopic (exact) mass is 541 g/mol. The van der Waals surface area contributed by atoms with Gasteiger partial charge in [-0.2, -0.15) is 0 Å². The molecule has 0 saturated carbocycles. The predicted molar refractivity (Wildman–Crippen MR) is 134 cm³/mol. The molecule has 3 amide bonds. The molecule has 0 bridgehead atoms. The molecule has 0 spiro atoms. The van der Waals surface area contributed by atoms with Gasteiger partial charge in [-0.05, 0) is 63.8 Å². The Kier molecular flexibility index (Phi) is 8.46. The molecule has 1 aliphatic rings. The van der Waals surface area contributed by atoms with Gasteiger partial charge in [0.1, 0.15) is 23.8 Å². The average Bonchev–Trinajstić information content (AvgIpc) is 2.74. The molecule has 1 heterocycles. The molecule has 2 aromatic carbocycles. The number of nitrogens with zero attached hydrogens (tertiary/aromatic N) is 2. The highest BCUT2D eigenvalue weighted by Gasteiger charge is 2.33. The van der Waals surface area contributed by atoms with E-state index in [0.29, 0.717) is 19.4 Å². The lowest BCUT2D eigenvalue weighted by atomic mass is 9.90. The maximum absolute atomic E-state index is 14.2. The summed E-state index contributed by atoms with van der Waals surface area (Å²) in [6.45, 7) is 4.87. The molecule has 11 heteroatoms. The molecule has 1 fully saturated rings. The number of amides is 3. The van der Waals surface area contributed by atoms with E-state index < -0.39 is 41.7 Å². The van der Waals surface area contributed by atoms with Gasteiger partial charge in [-0.25, -0.2) is 13.6 Å². The van der Waals surface area contributed by atoms with Gasteiger partial charge in [0.25, 0.3) is 0 Å². The second-order valence-electron chi connectivity index (χ2n) is 9.56. The number of carbonyl (C=O) groups is 3. The van der Waals surface area contributed by atoms with Crippen molar-refractivity contribution in [3.63, 3.8) is 0 Å². The van der Waals surface area contributed by atoms with Crippen LogP contribution >= 0.6 is 23.2 Å². The SMILES string of the molecule is CC(C)(C)OC(=O)N(CC(N)=O)c1cc(Cl)c(N2CCCC(Cc3ccc(F)cc3F)C2=O)c(Cl)c1. The van der Waals surface area contributed by atoms with Crippen molar-refractivity contribution < 1.29 is 27.9 Å². The number of hydrogen-bond acceptors (Lipinski definition) is 4. The number of rotatable bonds is 6. The van der Waals surface area contributed by atoms with E-state index in [4.69, 9.17) is 33.7 Å². The third-order valence-electron chi connectivity index (χ3n) is 5.54. The first-order valence-corrected chi connectivity index (χ1v) is 12.1. The van der Waals surface area contributed by atoms with Crippen LogP contribution in [-0.2, 0) is 20.7 Å². The molecule has 3 rings (SSSR count). The van der Waals surface area contributed by atoms with E-state index in [-0.39, 0.29) is 39.3 Å². The molecule has 36 heavy (non-hydrogen) atoms. The number of hydrogen-bond donors (Lipinski definition) is 1. The van der Waals surface area contributed by atoms with Crippen LogP contribution in [0.3, 0.4) is 0 Å². The molecular formula is C25H27Cl2F2N3O4. The minimum Gasteiger partial charge on any atom is -0.443 e.